The minimum Gasteiger partial charge on any atom is -0.497 e. The van der Waals surface area contributed by atoms with Crippen molar-refractivity contribution in [3.8, 4) is 17.2 Å². The quantitative estimate of drug-likeness (QED) is 0.322. The number of rotatable bonds is 3. The number of ether oxygens (including phenoxy) is 3. The van der Waals surface area contributed by atoms with Crippen molar-refractivity contribution in [2.75, 3.05) is 21.3 Å². The van der Waals surface area contributed by atoms with Crippen molar-refractivity contribution in [2.45, 2.75) is 6.92 Å². The lowest BCUT2D eigenvalue weighted by Gasteiger charge is -2.10. The van der Waals surface area contributed by atoms with Gasteiger partial charge in [0.25, 0.3) is 0 Å². The zero-order valence-electron chi connectivity index (χ0n) is 14.8. The minimum absolute atomic E-state index is 0.728. The molecule has 0 saturated heterocycles. The van der Waals surface area contributed by atoms with E-state index in [-0.39, 0.29) is 0 Å². The summed E-state index contributed by atoms with van der Waals surface area (Å²) in [7, 11) is 5.01. The van der Waals surface area contributed by atoms with Crippen LogP contribution in [0, 0.1) is 6.92 Å². The molecule has 0 radical (unpaired) electrons. The first kappa shape index (κ1) is 15.5. The SMILES string of the molecule is COc1ccc2c(C)[n+]3ccc4cc(OC)c(OC)cc4c3cc2c1. The number of methoxy groups -OCH3 is 3. The van der Waals surface area contributed by atoms with Gasteiger partial charge in [0.1, 0.15) is 5.75 Å². The number of benzene rings is 2. The summed E-state index contributed by atoms with van der Waals surface area (Å²) in [6.07, 6.45) is 2.10. The lowest BCUT2D eigenvalue weighted by molar-refractivity contribution is -0.516. The second-order valence-corrected chi connectivity index (χ2v) is 6.05. The van der Waals surface area contributed by atoms with E-state index in [1.807, 2.05) is 18.2 Å². The Hall–Kier alpha value is -3.01. The van der Waals surface area contributed by atoms with Gasteiger partial charge in [-0.1, -0.05) is 0 Å². The van der Waals surface area contributed by atoms with Crippen LogP contribution in [0.5, 0.6) is 17.2 Å². The van der Waals surface area contributed by atoms with Gasteiger partial charge in [-0.25, -0.2) is 0 Å². The van der Waals surface area contributed by atoms with Gasteiger partial charge in [-0.05, 0) is 41.1 Å². The third-order valence-electron chi connectivity index (χ3n) is 4.80. The molecule has 0 aliphatic heterocycles. The van der Waals surface area contributed by atoms with Crippen molar-refractivity contribution in [3.63, 3.8) is 0 Å². The molecule has 0 amide bonds. The van der Waals surface area contributed by atoms with Crippen molar-refractivity contribution in [1.29, 1.82) is 0 Å². The Morgan fingerprint density at radius 2 is 1.48 bits per heavy atom. The highest BCUT2D eigenvalue weighted by molar-refractivity contribution is 5.99. The Morgan fingerprint density at radius 3 is 2.20 bits per heavy atom. The third-order valence-corrected chi connectivity index (χ3v) is 4.80. The largest absolute Gasteiger partial charge is 0.497 e. The summed E-state index contributed by atoms with van der Waals surface area (Å²) in [5.41, 5.74) is 2.31. The molecule has 25 heavy (non-hydrogen) atoms. The third kappa shape index (κ3) is 2.33. The van der Waals surface area contributed by atoms with Gasteiger partial charge >= 0.3 is 0 Å². The zero-order chi connectivity index (χ0) is 17.6. The fourth-order valence-corrected chi connectivity index (χ4v) is 3.45. The standard InChI is InChI=1S/C21H20NO3/c1-13-17-6-5-16(23-2)9-15(17)10-19-18-12-21(25-4)20(24-3)11-14(18)7-8-22(13)19/h5-12H,1-4H3/q+1. The molecule has 2 aromatic carbocycles. The van der Waals surface area contributed by atoms with E-state index in [4.69, 9.17) is 14.2 Å². The summed E-state index contributed by atoms with van der Waals surface area (Å²) >= 11 is 0. The molecular formula is C21H20NO3+. The molecule has 126 valence electrons. The van der Waals surface area contributed by atoms with Gasteiger partial charge in [-0.2, -0.15) is 4.40 Å². The number of fused-ring (bicyclic) bond motifs is 4. The first-order valence-electron chi connectivity index (χ1n) is 8.13. The summed E-state index contributed by atoms with van der Waals surface area (Å²) in [5, 5.41) is 4.59. The maximum absolute atomic E-state index is 5.49. The molecule has 0 bridgehead atoms. The normalized spacial score (nSPS) is 11.2. The van der Waals surface area contributed by atoms with Crippen LogP contribution in [0.15, 0.2) is 48.7 Å². The highest BCUT2D eigenvalue weighted by Crippen LogP contribution is 2.34. The highest BCUT2D eigenvalue weighted by Gasteiger charge is 2.17. The van der Waals surface area contributed by atoms with Crippen molar-refractivity contribution in [1.82, 2.24) is 0 Å². The van der Waals surface area contributed by atoms with Crippen molar-refractivity contribution >= 4 is 27.1 Å². The van der Waals surface area contributed by atoms with E-state index in [0.29, 0.717) is 0 Å². The van der Waals surface area contributed by atoms with Gasteiger partial charge < -0.3 is 14.2 Å². The van der Waals surface area contributed by atoms with Crippen molar-refractivity contribution < 1.29 is 18.6 Å². The van der Waals surface area contributed by atoms with E-state index < -0.39 is 0 Å². The number of aryl methyl sites for hydroxylation is 1. The van der Waals surface area contributed by atoms with E-state index in [0.717, 1.165) is 38.9 Å². The van der Waals surface area contributed by atoms with Crippen LogP contribution in [0.25, 0.3) is 27.1 Å². The van der Waals surface area contributed by atoms with E-state index in [1.165, 1.54) is 11.1 Å². The van der Waals surface area contributed by atoms with Crippen LogP contribution in [-0.4, -0.2) is 21.3 Å². The number of hydrogen-bond acceptors (Lipinski definition) is 3. The Balaban J connectivity index is 2.15. The van der Waals surface area contributed by atoms with Gasteiger partial charge in [0, 0.05) is 24.4 Å². The molecule has 0 fully saturated rings. The summed E-state index contributed by atoms with van der Waals surface area (Å²) in [6, 6.07) is 14.5. The number of hydrogen-bond donors (Lipinski definition) is 0. The van der Waals surface area contributed by atoms with E-state index in [2.05, 4.69) is 41.8 Å². The monoisotopic (exact) mass is 334 g/mol. The molecule has 2 heterocycles. The molecule has 0 spiro atoms. The molecular weight excluding hydrogens is 314 g/mol. The minimum atomic E-state index is 0.728. The van der Waals surface area contributed by atoms with Crippen LogP contribution in [0.2, 0.25) is 0 Å². The van der Waals surface area contributed by atoms with Gasteiger partial charge in [0.15, 0.2) is 23.4 Å². The Kier molecular flexibility index (Phi) is 3.61. The average molecular weight is 334 g/mol. The van der Waals surface area contributed by atoms with Crippen molar-refractivity contribution in [3.05, 3.63) is 54.4 Å². The molecule has 4 nitrogen and oxygen atoms in total. The molecule has 4 heteroatoms. The van der Waals surface area contributed by atoms with Gasteiger partial charge in [0.05, 0.1) is 26.7 Å². The Labute approximate surface area is 146 Å². The smallest absolute Gasteiger partial charge is 0.219 e. The van der Waals surface area contributed by atoms with Crippen LogP contribution in [0.1, 0.15) is 5.69 Å². The highest BCUT2D eigenvalue weighted by atomic mass is 16.5. The molecule has 4 rings (SSSR count). The summed E-state index contributed by atoms with van der Waals surface area (Å²) in [4.78, 5) is 0. The number of pyridine rings is 2. The predicted molar refractivity (Wildman–Crippen MR) is 99.0 cm³/mol. The lowest BCUT2D eigenvalue weighted by Crippen LogP contribution is -2.25. The van der Waals surface area contributed by atoms with Crippen LogP contribution in [-0.2, 0) is 0 Å². The first-order chi connectivity index (χ1) is 12.2. The van der Waals surface area contributed by atoms with E-state index >= 15 is 0 Å². The summed E-state index contributed by atoms with van der Waals surface area (Å²) in [6.45, 7) is 2.13. The number of aromatic nitrogens is 1. The zero-order valence-corrected chi connectivity index (χ0v) is 14.8. The number of nitrogens with zero attached hydrogens (tertiary/aromatic N) is 1. The fourth-order valence-electron chi connectivity index (χ4n) is 3.45. The maximum atomic E-state index is 5.49. The second-order valence-electron chi connectivity index (χ2n) is 6.05. The molecule has 0 atom stereocenters. The Bertz CT molecular complexity index is 1120. The Morgan fingerprint density at radius 1 is 0.720 bits per heavy atom. The molecule has 0 N–H and O–H groups in total. The van der Waals surface area contributed by atoms with Gasteiger partial charge in [-0.15, -0.1) is 0 Å². The summed E-state index contributed by atoms with van der Waals surface area (Å²) in [5.74, 6) is 2.32. The van der Waals surface area contributed by atoms with Crippen LogP contribution < -0.4 is 18.6 Å². The molecule has 4 aromatic rings. The maximum Gasteiger partial charge on any atom is 0.219 e. The molecule has 0 aliphatic rings. The molecule has 0 saturated carbocycles. The molecule has 0 unspecified atom stereocenters. The fraction of sp³-hybridized carbons (Fsp3) is 0.190. The van der Waals surface area contributed by atoms with E-state index in [1.54, 1.807) is 21.3 Å². The summed E-state index contributed by atoms with van der Waals surface area (Å²) < 4.78 is 18.5. The van der Waals surface area contributed by atoms with Crippen LogP contribution in [0.3, 0.4) is 0 Å². The molecule has 0 aliphatic carbocycles. The second kappa shape index (κ2) is 5.81. The molecule has 2 aromatic heterocycles. The lowest BCUT2D eigenvalue weighted by atomic mass is 10.0. The van der Waals surface area contributed by atoms with E-state index in [9.17, 15) is 0 Å². The average Bonchev–Trinajstić information content (AvgIpc) is 2.66. The first-order valence-corrected chi connectivity index (χ1v) is 8.13. The topological polar surface area (TPSA) is 31.8 Å². The van der Waals surface area contributed by atoms with Crippen molar-refractivity contribution in [2.24, 2.45) is 0 Å². The van der Waals surface area contributed by atoms with Gasteiger partial charge in [0.2, 0.25) is 5.52 Å². The predicted octanol–water partition coefficient (Wildman–Crippen LogP) is 4.07. The van der Waals surface area contributed by atoms with Gasteiger partial charge in [-0.3, -0.25) is 0 Å². The van der Waals surface area contributed by atoms with Crippen LogP contribution >= 0.6 is 0 Å². The van der Waals surface area contributed by atoms with Crippen LogP contribution in [0.4, 0.5) is 0 Å².